The molecule has 0 amide bonds. The van der Waals surface area contributed by atoms with Crippen LogP contribution in [0.3, 0.4) is 0 Å². The molecule has 0 saturated heterocycles. The minimum atomic E-state index is 0.632. The topological polar surface area (TPSA) is 48.8 Å². The molecule has 0 fully saturated rings. The fraction of sp³-hybridized carbons (Fsp3) is 0. The number of furan rings is 1. The van der Waals surface area contributed by atoms with Gasteiger partial charge in [-0.05, 0) is 65.7 Å². The van der Waals surface area contributed by atoms with Crippen LogP contribution < -0.4 is 0 Å². The van der Waals surface area contributed by atoms with Gasteiger partial charge in [0.2, 0.25) is 0 Å². The molecule has 0 bridgehead atoms. The summed E-state index contributed by atoms with van der Waals surface area (Å²) in [5.41, 5.74) is 17.2. The number of fused-ring (bicyclic) bond motifs is 9. The second-order valence-electron chi connectivity index (χ2n) is 17.7. The molecule has 5 nitrogen and oxygen atoms in total. The normalized spacial score (nSPS) is 11.8. The van der Waals surface area contributed by atoms with Crippen molar-refractivity contribution >= 4 is 65.6 Å². The van der Waals surface area contributed by atoms with E-state index in [0.717, 1.165) is 89.1 Å². The van der Waals surface area contributed by atoms with Crippen molar-refractivity contribution in [2.45, 2.75) is 0 Å². The summed E-state index contributed by atoms with van der Waals surface area (Å²) >= 11 is 0. The van der Waals surface area contributed by atoms with Crippen molar-refractivity contribution in [2.75, 3.05) is 0 Å². The van der Waals surface area contributed by atoms with Crippen LogP contribution in [0.25, 0.3) is 133 Å². The molecule has 0 aliphatic carbocycles. The fourth-order valence-corrected chi connectivity index (χ4v) is 10.7. The van der Waals surface area contributed by atoms with Gasteiger partial charge in [0.15, 0.2) is 11.4 Å². The van der Waals surface area contributed by atoms with Crippen LogP contribution in [-0.4, -0.2) is 19.1 Å². The lowest BCUT2D eigenvalue weighted by atomic mass is 9.95. The molecule has 0 N–H and O–H groups in total. The third-order valence-electron chi connectivity index (χ3n) is 13.7. The SMILES string of the molecule is c1ccc(-c2cc(-c3ccccc3)nc(-c3ccc4c(oc5c(-n6c7ccccc7c7ccc(-c8cccc9c%10ccccc%10n(-c%10ccccc%10)c89)cc76)cccc54)c3-c3ccccc3)n2)cc1. The van der Waals surface area contributed by atoms with E-state index in [2.05, 4.69) is 240 Å². The largest absolute Gasteiger partial charge is 0.453 e. The fourth-order valence-electron chi connectivity index (χ4n) is 10.7. The number of aromatic nitrogens is 4. The van der Waals surface area contributed by atoms with E-state index in [1.165, 1.54) is 38.1 Å². The monoisotopic (exact) mass is 880 g/mol. The lowest BCUT2D eigenvalue weighted by molar-refractivity contribution is 0.667. The molecule has 322 valence electrons. The van der Waals surface area contributed by atoms with E-state index in [4.69, 9.17) is 14.4 Å². The zero-order chi connectivity index (χ0) is 45.4. The minimum absolute atomic E-state index is 0.632. The van der Waals surface area contributed by atoms with Gasteiger partial charge >= 0.3 is 0 Å². The van der Waals surface area contributed by atoms with Gasteiger partial charge in [0.25, 0.3) is 0 Å². The molecule has 4 heterocycles. The highest BCUT2D eigenvalue weighted by molar-refractivity contribution is 6.18. The van der Waals surface area contributed by atoms with E-state index in [1.807, 2.05) is 12.1 Å². The molecule has 0 unspecified atom stereocenters. The van der Waals surface area contributed by atoms with Crippen molar-refractivity contribution in [3.8, 4) is 67.5 Å². The van der Waals surface area contributed by atoms with E-state index in [0.29, 0.717) is 5.82 Å². The molecule has 14 rings (SSSR count). The van der Waals surface area contributed by atoms with E-state index in [9.17, 15) is 0 Å². The summed E-state index contributed by atoms with van der Waals surface area (Å²) in [5.74, 6) is 0.632. The van der Waals surface area contributed by atoms with Crippen molar-refractivity contribution in [1.29, 1.82) is 0 Å². The Balaban J connectivity index is 1.02. The molecular formula is C64H40N4O. The van der Waals surface area contributed by atoms with E-state index in [1.54, 1.807) is 0 Å². The zero-order valence-electron chi connectivity index (χ0n) is 37.3. The standard InChI is InChI=1S/C64H40N4O/c1-5-19-41(20-6-1)54-40-55(42-21-7-2-8-22-42)66-64(65-54)53-38-37-52-51-31-18-34-58(62(51)69-63(52)60(53)43-23-9-3-10-24-43)68-57-33-16-13-27-47(57)49-36-35-44(39-59(49)68)46-29-17-30-50-48-28-14-15-32-56(48)67(61(46)50)45-25-11-4-12-26-45/h1-40H. The summed E-state index contributed by atoms with van der Waals surface area (Å²) in [6.07, 6.45) is 0. The molecule has 0 aliphatic rings. The van der Waals surface area contributed by atoms with Crippen LogP contribution in [0.4, 0.5) is 0 Å². The van der Waals surface area contributed by atoms with Gasteiger partial charge in [0.1, 0.15) is 5.58 Å². The predicted molar refractivity (Wildman–Crippen MR) is 285 cm³/mol. The number of hydrogen-bond donors (Lipinski definition) is 0. The highest BCUT2D eigenvalue weighted by Crippen LogP contribution is 2.46. The van der Waals surface area contributed by atoms with Crippen molar-refractivity contribution < 1.29 is 4.42 Å². The van der Waals surface area contributed by atoms with Gasteiger partial charge < -0.3 is 13.6 Å². The summed E-state index contributed by atoms with van der Waals surface area (Å²) in [6, 6.07) is 86.0. The van der Waals surface area contributed by atoms with Gasteiger partial charge in [-0.1, -0.05) is 188 Å². The third-order valence-corrected chi connectivity index (χ3v) is 13.7. The number of para-hydroxylation sites is 5. The first-order valence-electron chi connectivity index (χ1n) is 23.4. The van der Waals surface area contributed by atoms with Gasteiger partial charge in [-0.2, -0.15) is 0 Å². The van der Waals surface area contributed by atoms with Gasteiger partial charge in [-0.3, -0.25) is 0 Å². The highest BCUT2D eigenvalue weighted by Gasteiger charge is 2.24. The third kappa shape index (κ3) is 6.18. The molecular weight excluding hydrogens is 841 g/mol. The minimum Gasteiger partial charge on any atom is -0.453 e. The second kappa shape index (κ2) is 15.7. The maximum atomic E-state index is 7.37. The van der Waals surface area contributed by atoms with Crippen molar-refractivity contribution in [1.82, 2.24) is 19.1 Å². The molecule has 14 aromatic rings. The average Bonchev–Trinajstić information content (AvgIpc) is 4.09. The maximum absolute atomic E-state index is 7.37. The molecule has 4 aromatic heterocycles. The molecule has 0 atom stereocenters. The Bertz CT molecular complexity index is 4230. The first-order valence-corrected chi connectivity index (χ1v) is 23.4. The van der Waals surface area contributed by atoms with E-state index >= 15 is 0 Å². The van der Waals surface area contributed by atoms with Gasteiger partial charge in [0, 0.05) is 65.8 Å². The van der Waals surface area contributed by atoms with Crippen molar-refractivity contribution in [2.24, 2.45) is 0 Å². The number of rotatable bonds is 7. The first kappa shape index (κ1) is 38.9. The zero-order valence-corrected chi connectivity index (χ0v) is 37.3. The summed E-state index contributed by atoms with van der Waals surface area (Å²) in [4.78, 5) is 10.6. The Morgan fingerprint density at radius 2 is 0.841 bits per heavy atom. The Kier molecular flexibility index (Phi) is 8.83. The summed E-state index contributed by atoms with van der Waals surface area (Å²) in [6.45, 7) is 0. The predicted octanol–water partition coefficient (Wildman–Crippen LogP) is 16.9. The van der Waals surface area contributed by atoms with E-state index < -0.39 is 0 Å². The smallest absolute Gasteiger partial charge is 0.161 e. The maximum Gasteiger partial charge on any atom is 0.161 e. The Hall–Kier alpha value is -9.32. The van der Waals surface area contributed by atoms with Gasteiger partial charge in [-0.25, -0.2) is 9.97 Å². The molecule has 0 saturated carbocycles. The number of benzene rings is 10. The lowest BCUT2D eigenvalue weighted by Gasteiger charge is -2.13. The number of nitrogens with zero attached hydrogens (tertiary/aromatic N) is 4. The van der Waals surface area contributed by atoms with Crippen LogP contribution in [0.2, 0.25) is 0 Å². The Labute approximate surface area is 397 Å². The Morgan fingerprint density at radius 3 is 1.54 bits per heavy atom. The van der Waals surface area contributed by atoms with Crippen LogP contribution in [0.1, 0.15) is 0 Å². The number of hydrogen-bond acceptors (Lipinski definition) is 3. The van der Waals surface area contributed by atoms with Crippen LogP contribution in [0.15, 0.2) is 247 Å². The van der Waals surface area contributed by atoms with Gasteiger partial charge in [0.05, 0.1) is 39.1 Å². The molecule has 0 spiro atoms. The van der Waals surface area contributed by atoms with Crippen LogP contribution in [-0.2, 0) is 0 Å². The molecule has 0 radical (unpaired) electrons. The Morgan fingerprint density at radius 1 is 0.319 bits per heavy atom. The molecule has 69 heavy (non-hydrogen) atoms. The lowest BCUT2D eigenvalue weighted by Crippen LogP contribution is -1.97. The summed E-state index contributed by atoms with van der Waals surface area (Å²) in [5, 5.41) is 6.88. The molecule has 0 aliphatic heterocycles. The average molecular weight is 881 g/mol. The van der Waals surface area contributed by atoms with Crippen molar-refractivity contribution in [3.63, 3.8) is 0 Å². The molecule has 10 aromatic carbocycles. The van der Waals surface area contributed by atoms with E-state index in [-0.39, 0.29) is 0 Å². The highest BCUT2D eigenvalue weighted by atomic mass is 16.3. The van der Waals surface area contributed by atoms with Crippen LogP contribution in [0.5, 0.6) is 0 Å². The molecule has 5 heteroatoms. The van der Waals surface area contributed by atoms with Crippen LogP contribution >= 0.6 is 0 Å². The second-order valence-corrected chi connectivity index (χ2v) is 17.7. The van der Waals surface area contributed by atoms with Crippen molar-refractivity contribution in [3.05, 3.63) is 243 Å². The van der Waals surface area contributed by atoms with Crippen LogP contribution in [0, 0.1) is 0 Å². The summed E-state index contributed by atoms with van der Waals surface area (Å²) < 4.78 is 12.2. The quantitative estimate of drug-likeness (QED) is 0.160. The first-order chi connectivity index (χ1) is 34.2. The van der Waals surface area contributed by atoms with Gasteiger partial charge in [-0.15, -0.1) is 0 Å². The summed E-state index contributed by atoms with van der Waals surface area (Å²) in [7, 11) is 0.